The minimum Gasteiger partial charge on any atom is -0.309 e. The summed E-state index contributed by atoms with van der Waals surface area (Å²) in [6.07, 6.45) is 21.5. The molecular weight excluding hydrogens is 651 g/mol. The van der Waals surface area contributed by atoms with Crippen molar-refractivity contribution in [2.45, 2.75) is 85.0 Å². The molecule has 7 rings (SSSR count). The van der Waals surface area contributed by atoms with Crippen LogP contribution in [0.3, 0.4) is 0 Å². The first-order chi connectivity index (χ1) is 26.6. The molecule has 0 aliphatic carbocycles. The lowest BCUT2D eigenvalue weighted by molar-refractivity contribution is 0.667. The molecule has 1 nitrogen and oxygen atoms in total. The van der Waals surface area contributed by atoms with Gasteiger partial charge in [0.1, 0.15) is 0 Å². The number of nitrogens with zero attached hydrogens (tertiary/aromatic N) is 1. The fourth-order valence-corrected chi connectivity index (χ4v) is 7.59. The third-order valence-corrected chi connectivity index (χ3v) is 10.9. The van der Waals surface area contributed by atoms with E-state index < -0.39 is 0 Å². The van der Waals surface area contributed by atoms with Crippen LogP contribution in [-0.2, 0) is 12.8 Å². The highest BCUT2D eigenvalue weighted by molar-refractivity contribution is 6.09. The molecule has 0 fully saturated rings. The zero-order valence-electron chi connectivity index (χ0n) is 32.5. The van der Waals surface area contributed by atoms with Crippen molar-refractivity contribution in [2.75, 3.05) is 0 Å². The summed E-state index contributed by atoms with van der Waals surface area (Å²) < 4.78 is 2.46. The standard InChI is InChI=1S/C53H55N/c1-4-6-8-10-12-45-28-36-52-50(38-45)51-39-46(13-11-9-7-5-2)29-37-53(51)54(52)49-34-26-44(27-35-49)23-21-42-18-16-41(17-19-42)20-22-43-24-32-48(33-25-43)47-30-14-40(3)15-31-47/h14-39H,4-13H2,1-3H3/b22-20+,23-21+. The lowest BCUT2D eigenvalue weighted by atomic mass is 10.0. The van der Waals surface area contributed by atoms with Gasteiger partial charge in [-0.1, -0.05) is 179 Å². The van der Waals surface area contributed by atoms with Crippen LogP contribution in [0.4, 0.5) is 0 Å². The number of hydrogen-bond donors (Lipinski definition) is 0. The summed E-state index contributed by atoms with van der Waals surface area (Å²) in [6.45, 7) is 6.70. The SMILES string of the molecule is CCCCCCc1ccc2c(c1)c1cc(CCCCCC)ccc1n2-c1ccc(/C=C/c2ccc(/C=C/c3ccc(-c4ccc(C)cc4)cc3)cc2)cc1. The predicted octanol–water partition coefficient (Wildman–Crippen LogP) is 15.3. The Balaban J connectivity index is 1.05. The van der Waals surface area contributed by atoms with Crippen molar-refractivity contribution in [1.29, 1.82) is 0 Å². The second-order valence-corrected chi connectivity index (χ2v) is 15.1. The van der Waals surface area contributed by atoms with Crippen LogP contribution in [0, 0.1) is 6.92 Å². The molecule has 54 heavy (non-hydrogen) atoms. The van der Waals surface area contributed by atoms with E-state index in [1.165, 1.54) is 129 Å². The molecule has 0 radical (unpaired) electrons. The van der Waals surface area contributed by atoms with Gasteiger partial charge in [0.05, 0.1) is 11.0 Å². The third kappa shape index (κ3) is 9.20. The van der Waals surface area contributed by atoms with Crippen LogP contribution in [-0.4, -0.2) is 4.57 Å². The maximum Gasteiger partial charge on any atom is 0.0541 e. The van der Waals surface area contributed by atoms with E-state index in [1.54, 1.807) is 0 Å². The molecule has 0 aliphatic rings. The van der Waals surface area contributed by atoms with Gasteiger partial charge < -0.3 is 4.57 Å². The lowest BCUT2D eigenvalue weighted by Crippen LogP contribution is -1.94. The van der Waals surface area contributed by atoms with Crippen LogP contribution in [0.15, 0.2) is 133 Å². The molecule has 0 spiro atoms. The van der Waals surface area contributed by atoms with Crippen molar-refractivity contribution in [3.63, 3.8) is 0 Å². The van der Waals surface area contributed by atoms with Gasteiger partial charge in [-0.3, -0.25) is 0 Å². The second-order valence-electron chi connectivity index (χ2n) is 15.1. The molecule has 6 aromatic carbocycles. The molecule has 272 valence electrons. The molecule has 7 aromatic rings. The van der Waals surface area contributed by atoms with Crippen LogP contribution in [0.25, 0.3) is 62.9 Å². The zero-order chi connectivity index (χ0) is 37.1. The van der Waals surface area contributed by atoms with Gasteiger partial charge in [0, 0.05) is 16.5 Å². The van der Waals surface area contributed by atoms with Crippen LogP contribution >= 0.6 is 0 Å². The van der Waals surface area contributed by atoms with Crippen molar-refractivity contribution in [3.05, 3.63) is 172 Å². The highest BCUT2D eigenvalue weighted by Crippen LogP contribution is 2.34. The Kier molecular flexibility index (Phi) is 12.4. The molecule has 1 heteroatoms. The molecule has 0 N–H and O–H groups in total. The van der Waals surface area contributed by atoms with E-state index in [-0.39, 0.29) is 0 Å². The fraction of sp³-hybridized carbons (Fsp3) is 0.245. The Labute approximate surface area is 323 Å². The van der Waals surface area contributed by atoms with Crippen molar-refractivity contribution < 1.29 is 0 Å². The average Bonchev–Trinajstić information content (AvgIpc) is 3.53. The molecule has 0 saturated heterocycles. The number of aromatic nitrogens is 1. The summed E-state index contributed by atoms with van der Waals surface area (Å²) in [5.41, 5.74) is 15.3. The van der Waals surface area contributed by atoms with Crippen LogP contribution in [0.2, 0.25) is 0 Å². The number of benzene rings is 6. The third-order valence-electron chi connectivity index (χ3n) is 10.9. The van der Waals surface area contributed by atoms with Crippen molar-refractivity contribution in [3.8, 4) is 16.8 Å². The molecule has 1 aromatic heterocycles. The summed E-state index contributed by atoms with van der Waals surface area (Å²) in [5.74, 6) is 0. The molecule has 1 heterocycles. The van der Waals surface area contributed by atoms with E-state index in [2.05, 4.69) is 183 Å². The number of unbranched alkanes of at least 4 members (excludes halogenated alkanes) is 6. The van der Waals surface area contributed by atoms with Gasteiger partial charge in [-0.25, -0.2) is 0 Å². The first-order valence-corrected chi connectivity index (χ1v) is 20.4. The van der Waals surface area contributed by atoms with Crippen molar-refractivity contribution in [1.82, 2.24) is 4.57 Å². The summed E-state index contributed by atoms with van der Waals surface area (Å²) in [4.78, 5) is 0. The lowest BCUT2D eigenvalue weighted by Gasteiger charge is -2.09. The van der Waals surface area contributed by atoms with Crippen LogP contribution in [0.5, 0.6) is 0 Å². The Bertz CT molecular complexity index is 2240. The second kappa shape index (κ2) is 18.1. The van der Waals surface area contributed by atoms with E-state index in [0.29, 0.717) is 0 Å². The van der Waals surface area contributed by atoms with E-state index >= 15 is 0 Å². The molecule has 0 bridgehead atoms. The number of rotatable bonds is 16. The van der Waals surface area contributed by atoms with Gasteiger partial charge in [0.2, 0.25) is 0 Å². The Morgan fingerprint density at radius 2 is 0.796 bits per heavy atom. The molecule has 0 atom stereocenters. The first-order valence-electron chi connectivity index (χ1n) is 20.4. The average molecular weight is 706 g/mol. The van der Waals surface area contributed by atoms with E-state index in [4.69, 9.17) is 0 Å². The van der Waals surface area contributed by atoms with Crippen LogP contribution < -0.4 is 0 Å². The highest BCUT2D eigenvalue weighted by Gasteiger charge is 2.14. The monoisotopic (exact) mass is 705 g/mol. The maximum atomic E-state index is 2.48. The maximum absolute atomic E-state index is 2.48. The highest BCUT2D eigenvalue weighted by atomic mass is 15.0. The molecular formula is C53H55N. The Hall–Kier alpha value is -5.40. The Morgan fingerprint density at radius 1 is 0.407 bits per heavy atom. The summed E-state index contributed by atoms with van der Waals surface area (Å²) in [5, 5.41) is 2.76. The van der Waals surface area contributed by atoms with Gasteiger partial charge in [0.15, 0.2) is 0 Å². The topological polar surface area (TPSA) is 4.93 Å². The predicted molar refractivity (Wildman–Crippen MR) is 237 cm³/mol. The van der Waals surface area contributed by atoms with Gasteiger partial charge >= 0.3 is 0 Å². The van der Waals surface area contributed by atoms with E-state index in [9.17, 15) is 0 Å². The summed E-state index contributed by atoms with van der Waals surface area (Å²) >= 11 is 0. The minimum absolute atomic E-state index is 1.16. The van der Waals surface area contributed by atoms with Crippen molar-refractivity contribution in [2.24, 2.45) is 0 Å². The molecule has 0 saturated carbocycles. The summed E-state index contributed by atoms with van der Waals surface area (Å²) in [7, 11) is 0. The van der Waals surface area contributed by atoms with Crippen LogP contribution in [0.1, 0.15) is 104 Å². The van der Waals surface area contributed by atoms with Gasteiger partial charge in [0.25, 0.3) is 0 Å². The molecule has 0 amide bonds. The Morgan fingerprint density at radius 3 is 1.22 bits per heavy atom. The smallest absolute Gasteiger partial charge is 0.0541 e. The van der Waals surface area contributed by atoms with Gasteiger partial charge in [-0.05, 0) is 114 Å². The van der Waals surface area contributed by atoms with E-state index in [1.807, 2.05) is 0 Å². The number of fused-ring (bicyclic) bond motifs is 3. The van der Waals surface area contributed by atoms with Gasteiger partial charge in [-0.15, -0.1) is 0 Å². The summed E-state index contributed by atoms with van der Waals surface area (Å²) in [6, 6.07) is 49.7. The quantitative estimate of drug-likeness (QED) is 0.0697. The van der Waals surface area contributed by atoms with Gasteiger partial charge in [-0.2, -0.15) is 0 Å². The molecule has 0 aliphatic heterocycles. The number of hydrogen-bond acceptors (Lipinski definition) is 0. The first kappa shape index (κ1) is 36.9. The van der Waals surface area contributed by atoms with E-state index in [0.717, 1.165) is 12.8 Å². The zero-order valence-corrected chi connectivity index (χ0v) is 32.5. The largest absolute Gasteiger partial charge is 0.309 e. The fourth-order valence-electron chi connectivity index (χ4n) is 7.59. The number of aryl methyl sites for hydroxylation is 3. The molecule has 0 unspecified atom stereocenters. The van der Waals surface area contributed by atoms with Crippen molar-refractivity contribution >= 4 is 46.1 Å². The minimum atomic E-state index is 1.16. The normalized spacial score (nSPS) is 11.8.